The summed E-state index contributed by atoms with van der Waals surface area (Å²) in [6.07, 6.45) is 2.15. The first-order valence-electron chi connectivity index (χ1n) is 8.42. The standard InChI is InChI=1S/C23H17NS/c1-25-22-14-20-18-12-11-16-9-5-6-10-17(16)23(18)24-21(20)13-19(22)15-7-3-2-4-8-15/h2-14,24H,1H3. The van der Waals surface area contributed by atoms with Crippen LogP contribution in [0.2, 0.25) is 0 Å². The highest BCUT2D eigenvalue weighted by atomic mass is 32.2. The summed E-state index contributed by atoms with van der Waals surface area (Å²) in [5.74, 6) is 0. The molecule has 0 amide bonds. The van der Waals surface area contributed by atoms with E-state index in [1.54, 1.807) is 11.8 Å². The normalized spacial score (nSPS) is 11.6. The van der Waals surface area contributed by atoms with Gasteiger partial charge in [0.1, 0.15) is 0 Å². The first-order valence-corrected chi connectivity index (χ1v) is 9.64. The SMILES string of the molecule is CSc1cc2c(cc1-c1ccccc1)[nH]c1c3ccccc3ccc21. The number of H-pyrrole nitrogens is 1. The van der Waals surface area contributed by atoms with Crippen LogP contribution >= 0.6 is 11.8 Å². The van der Waals surface area contributed by atoms with Crippen molar-refractivity contribution in [2.24, 2.45) is 0 Å². The summed E-state index contributed by atoms with van der Waals surface area (Å²) in [7, 11) is 0. The van der Waals surface area contributed by atoms with Crippen LogP contribution in [0.1, 0.15) is 0 Å². The predicted molar refractivity (Wildman–Crippen MR) is 111 cm³/mol. The van der Waals surface area contributed by atoms with Gasteiger partial charge in [0.2, 0.25) is 0 Å². The molecule has 5 aromatic rings. The van der Waals surface area contributed by atoms with E-state index in [-0.39, 0.29) is 0 Å². The molecule has 1 aromatic heterocycles. The van der Waals surface area contributed by atoms with Gasteiger partial charge in [-0.1, -0.05) is 66.7 Å². The first-order chi connectivity index (χ1) is 12.3. The van der Waals surface area contributed by atoms with E-state index >= 15 is 0 Å². The molecule has 0 aliphatic heterocycles. The molecule has 0 saturated carbocycles. The molecule has 0 unspecified atom stereocenters. The van der Waals surface area contributed by atoms with Crippen molar-refractivity contribution in [3.8, 4) is 11.1 Å². The smallest absolute Gasteiger partial charge is 0.0544 e. The van der Waals surface area contributed by atoms with Gasteiger partial charge in [0.15, 0.2) is 0 Å². The quantitative estimate of drug-likeness (QED) is 0.347. The van der Waals surface area contributed by atoms with E-state index in [0.29, 0.717) is 0 Å². The minimum Gasteiger partial charge on any atom is -0.354 e. The van der Waals surface area contributed by atoms with Crippen LogP contribution in [0.4, 0.5) is 0 Å². The largest absolute Gasteiger partial charge is 0.354 e. The van der Waals surface area contributed by atoms with Crippen molar-refractivity contribution in [1.29, 1.82) is 0 Å². The zero-order valence-electron chi connectivity index (χ0n) is 13.9. The van der Waals surface area contributed by atoms with Crippen molar-refractivity contribution in [2.75, 3.05) is 6.26 Å². The summed E-state index contributed by atoms with van der Waals surface area (Å²) in [6.45, 7) is 0. The van der Waals surface area contributed by atoms with Crippen LogP contribution in [-0.4, -0.2) is 11.2 Å². The molecule has 4 aromatic carbocycles. The Morgan fingerprint density at radius 1 is 0.720 bits per heavy atom. The van der Waals surface area contributed by atoms with E-state index in [1.807, 2.05) is 0 Å². The lowest BCUT2D eigenvalue weighted by atomic mass is 10.0. The summed E-state index contributed by atoms with van der Waals surface area (Å²) >= 11 is 1.81. The minimum absolute atomic E-state index is 1.20. The van der Waals surface area contributed by atoms with E-state index in [0.717, 1.165) is 0 Å². The van der Waals surface area contributed by atoms with Crippen molar-refractivity contribution >= 4 is 44.3 Å². The number of fused-ring (bicyclic) bond motifs is 5. The van der Waals surface area contributed by atoms with Crippen LogP contribution in [0.25, 0.3) is 43.7 Å². The van der Waals surface area contributed by atoms with Crippen LogP contribution in [0.3, 0.4) is 0 Å². The number of rotatable bonds is 2. The third-order valence-corrected chi connectivity index (χ3v) is 5.68. The Bertz CT molecular complexity index is 1220. The second-order valence-electron chi connectivity index (χ2n) is 6.30. The molecule has 0 aliphatic rings. The lowest BCUT2D eigenvalue weighted by Gasteiger charge is -2.08. The van der Waals surface area contributed by atoms with Crippen molar-refractivity contribution in [3.63, 3.8) is 0 Å². The number of aromatic nitrogens is 1. The highest BCUT2D eigenvalue weighted by Gasteiger charge is 2.12. The summed E-state index contributed by atoms with van der Waals surface area (Å²) < 4.78 is 0. The molecule has 0 radical (unpaired) electrons. The van der Waals surface area contributed by atoms with Gasteiger partial charge in [-0.3, -0.25) is 0 Å². The van der Waals surface area contributed by atoms with Gasteiger partial charge in [-0.05, 0) is 34.9 Å². The van der Waals surface area contributed by atoms with Gasteiger partial charge in [-0.25, -0.2) is 0 Å². The van der Waals surface area contributed by atoms with Crippen LogP contribution in [0, 0.1) is 0 Å². The molecule has 0 aliphatic carbocycles. The zero-order valence-corrected chi connectivity index (χ0v) is 14.7. The molecule has 1 nitrogen and oxygen atoms in total. The fourth-order valence-corrected chi connectivity index (χ4v) is 4.32. The molecule has 0 spiro atoms. The van der Waals surface area contributed by atoms with E-state index in [9.17, 15) is 0 Å². The Kier molecular flexibility index (Phi) is 3.32. The Morgan fingerprint density at radius 3 is 2.36 bits per heavy atom. The Balaban J connectivity index is 1.88. The number of nitrogens with one attached hydrogen (secondary N) is 1. The van der Waals surface area contributed by atoms with Crippen LogP contribution in [-0.2, 0) is 0 Å². The number of hydrogen-bond donors (Lipinski definition) is 1. The maximum Gasteiger partial charge on any atom is 0.0544 e. The second kappa shape index (κ2) is 5.68. The summed E-state index contributed by atoms with van der Waals surface area (Å²) in [4.78, 5) is 4.99. The lowest BCUT2D eigenvalue weighted by Crippen LogP contribution is -1.82. The number of thioether (sulfide) groups is 1. The molecule has 0 atom stereocenters. The Labute approximate surface area is 150 Å². The molecule has 1 heterocycles. The molecule has 1 N–H and O–H groups in total. The minimum atomic E-state index is 1.20. The van der Waals surface area contributed by atoms with Gasteiger partial charge in [0.25, 0.3) is 0 Å². The number of hydrogen-bond acceptors (Lipinski definition) is 1. The summed E-state index contributed by atoms with van der Waals surface area (Å²) in [5, 5.41) is 5.14. The topological polar surface area (TPSA) is 15.8 Å². The molecular formula is C23H17NS. The van der Waals surface area contributed by atoms with E-state index < -0.39 is 0 Å². The van der Waals surface area contributed by atoms with Crippen molar-refractivity contribution < 1.29 is 0 Å². The third-order valence-electron chi connectivity index (χ3n) is 4.90. The molecule has 0 fully saturated rings. The molecule has 25 heavy (non-hydrogen) atoms. The van der Waals surface area contributed by atoms with Gasteiger partial charge in [0, 0.05) is 26.6 Å². The average molecular weight is 339 g/mol. The van der Waals surface area contributed by atoms with Crippen molar-refractivity contribution in [2.45, 2.75) is 4.90 Å². The second-order valence-corrected chi connectivity index (χ2v) is 7.15. The Hall–Kier alpha value is -2.71. The highest BCUT2D eigenvalue weighted by molar-refractivity contribution is 7.98. The summed E-state index contributed by atoms with van der Waals surface area (Å²) in [5.41, 5.74) is 4.97. The Morgan fingerprint density at radius 2 is 1.52 bits per heavy atom. The van der Waals surface area contributed by atoms with Crippen molar-refractivity contribution in [3.05, 3.63) is 78.9 Å². The van der Waals surface area contributed by atoms with Gasteiger partial charge in [-0.2, -0.15) is 0 Å². The number of benzene rings is 4. The van der Waals surface area contributed by atoms with Gasteiger partial charge in [0.05, 0.1) is 5.52 Å². The molecular weight excluding hydrogens is 322 g/mol. The van der Waals surface area contributed by atoms with Gasteiger partial charge < -0.3 is 4.98 Å². The van der Waals surface area contributed by atoms with E-state index in [2.05, 4.69) is 90.1 Å². The van der Waals surface area contributed by atoms with E-state index in [1.165, 1.54) is 48.6 Å². The molecule has 120 valence electrons. The van der Waals surface area contributed by atoms with Crippen molar-refractivity contribution in [1.82, 2.24) is 4.98 Å². The van der Waals surface area contributed by atoms with Crippen LogP contribution < -0.4 is 0 Å². The van der Waals surface area contributed by atoms with Gasteiger partial charge in [-0.15, -0.1) is 11.8 Å². The fourth-order valence-electron chi connectivity index (χ4n) is 3.68. The summed E-state index contributed by atoms with van der Waals surface area (Å²) in [6, 6.07) is 28.3. The third kappa shape index (κ3) is 2.25. The zero-order chi connectivity index (χ0) is 16.8. The number of aromatic amines is 1. The lowest BCUT2D eigenvalue weighted by molar-refractivity contribution is 1.47. The monoisotopic (exact) mass is 339 g/mol. The maximum atomic E-state index is 3.67. The molecule has 5 rings (SSSR count). The van der Waals surface area contributed by atoms with Crippen LogP contribution in [0.5, 0.6) is 0 Å². The van der Waals surface area contributed by atoms with Gasteiger partial charge >= 0.3 is 0 Å². The fraction of sp³-hybridized carbons (Fsp3) is 0.0435. The highest BCUT2D eigenvalue weighted by Crippen LogP contribution is 2.38. The molecule has 0 bridgehead atoms. The predicted octanol–water partition coefficient (Wildman–Crippen LogP) is 6.86. The van der Waals surface area contributed by atoms with E-state index in [4.69, 9.17) is 0 Å². The molecule has 2 heteroatoms. The maximum absolute atomic E-state index is 3.67. The molecule has 0 saturated heterocycles. The first kappa shape index (κ1) is 14.6. The van der Waals surface area contributed by atoms with Crippen LogP contribution in [0.15, 0.2) is 83.8 Å². The average Bonchev–Trinajstić information content (AvgIpc) is 3.05.